The molecule has 0 amide bonds. The molecule has 3 rings (SSSR count). The van der Waals surface area contributed by atoms with Crippen LogP contribution in [0.1, 0.15) is 16.7 Å². The van der Waals surface area contributed by atoms with Crippen LogP contribution >= 0.6 is 0 Å². The van der Waals surface area contributed by atoms with Gasteiger partial charge >= 0.3 is 0 Å². The van der Waals surface area contributed by atoms with Crippen LogP contribution in [-0.2, 0) is 6.42 Å². The molecule has 0 spiro atoms. The number of aromatic nitrogens is 1. The molecule has 102 valence electrons. The van der Waals surface area contributed by atoms with Crippen molar-refractivity contribution in [3.8, 4) is 0 Å². The van der Waals surface area contributed by atoms with Crippen LogP contribution in [0.4, 0.5) is 0 Å². The molecule has 1 heterocycles. The summed E-state index contributed by atoms with van der Waals surface area (Å²) in [7, 11) is 0. The minimum atomic E-state index is 0.934. The highest BCUT2D eigenvalue weighted by atomic mass is 14.9. The Labute approximate surface area is 125 Å². The maximum Gasteiger partial charge on any atom is 0.210 e. The predicted octanol–water partition coefficient (Wildman–Crippen LogP) is 4.08. The van der Waals surface area contributed by atoms with Crippen LogP contribution in [0.3, 0.4) is 0 Å². The molecule has 1 nitrogen and oxygen atoms in total. The minimum Gasteiger partial charge on any atom is -0.167 e. The standard InChI is InChI=1S/C20H18N/c1-17(20-12-6-3-7-13-20)21-14-8-11-19(16-21)15-18-9-4-2-5-10-18/h2-14,16H,1,15H2/q+1. The molecule has 3 aromatic rings. The molecule has 0 aliphatic heterocycles. The van der Waals surface area contributed by atoms with Crippen LogP contribution < -0.4 is 4.57 Å². The summed E-state index contributed by atoms with van der Waals surface area (Å²) < 4.78 is 2.09. The molecule has 1 aromatic heterocycles. The van der Waals surface area contributed by atoms with Crippen molar-refractivity contribution >= 4 is 5.70 Å². The van der Waals surface area contributed by atoms with Gasteiger partial charge in [-0.15, -0.1) is 0 Å². The molecule has 0 N–H and O–H groups in total. The lowest BCUT2D eigenvalue weighted by Gasteiger charge is -2.03. The number of nitrogens with zero attached hydrogens (tertiary/aromatic N) is 1. The van der Waals surface area contributed by atoms with E-state index in [0.717, 1.165) is 17.7 Å². The number of benzene rings is 2. The van der Waals surface area contributed by atoms with E-state index in [-0.39, 0.29) is 0 Å². The van der Waals surface area contributed by atoms with Gasteiger partial charge in [-0.3, -0.25) is 0 Å². The topological polar surface area (TPSA) is 3.88 Å². The molecule has 0 fully saturated rings. The number of rotatable bonds is 4. The maximum absolute atomic E-state index is 4.21. The highest BCUT2D eigenvalue weighted by Gasteiger charge is 2.10. The lowest BCUT2D eigenvalue weighted by molar-refractivity contribution is -0.579. The van der Waals surface area contributed by atoms with E-state index in [2.05, 4.69) is 65.9 Å². The van der Waals surface area contributed by atoms with Crippen LogP contribution in [0.25, 0.3) is 5.70 Å². The van der Waals surface area contributed by atoms with Crippen LogP contribution in [0.2, 0.25) is 0 Å². The Morgan fingerprint density at radius 2 is 1.38 bits per heavy atom. The summed E-state index contributed by atoms with van der Waals surface area (Å²) in [6.07, 6.45) is 5.13. The van der Waals surface area contributed by atoms with E-state index < -0.39 is 0 Å². The van der Waals surface area contributed by atoms with Gasteiger partial charge in [0.1, 0.15) is 0 Å². The van der Waals surface area contributed by atoms with Crippen LogP contribution in [-0.4, -0.2) is 0 Å². The number of hydrogen-bond donors (Lipinski definition) is 0. The Bertz CT molecular complexity index is 730. The van der Waals surface area contributed by atoms with Gasteiger partial charge in [0.25, 0.3) is 0 Å². The molecule has 1 heteroatoms. The van der Waals surface area contributed by atoms with E-state index in [1.807, 2.05) is 30.5 Å². The van der Waals surface area contributed by atoms with Crippen LogP contribution in [0.5, 0.6) is 0 Å². The van der Waals surface area contributed by atoms with Gasteiger partial charge < -0.3 is 0 Å². The first-order chi connectivity index (χ1) is 10.3. The molecule has 0 saturated carbocycles. The third-order valence-corrected chi connectivity index (χ3v) is 3.53. The average molecular weight is 272 g/mol. The fourth-order valence-electron chi connectivity index (χ4n) is 2.41. The van der Waals surface area contributed by atoms with Gasteiger partial charge in [-0.05, 0) is 30.3 Å². The lowest BCUT2D eigenvalue weighted by Crippen LogP contribution is -2.31. The van der Waals surface area contributed by atoms with Gasteiger partial charge in [0.15, 0.2) is 12.4 Å². The molecule has 0 radical (unpaired) electrons. The molecule has 21 heavy (non-hydrogen) atoms. The largest absolute Gasteiger partial charge is 0.210 e. The summed E-state index contributed by atoms with van der Waals surface area (Å²) in [5, 5.41) is 0. The van der Waals surface area contributed by atoms with Crippen molar-refractivity contribution in [3.63, 3.8) is 0 Å². The number of hydrogen-bond acceptors (Lipinski definition) is 0. The lowest BCUT2D eigenvalue weighted by atomic mass is 10.1. The molecule has 0 unspecified atom stereocenters. The minimum absolute atomic E-state index is 0.934. The van der Waals surface area contributed by atoms with Gasteiger partial charge in [-0.1, -0.05) is 48.5 Å². The molecule has 0 aliphatic rings. The fraction of sp³-hybridized carbons (Fsp3) is 0.0500. The summed E-state index contributed by atoms with van der Waals surface area (Å²) in [6.45, 7) is 4.21. The van der Waals surface area contributed by atoms with Crippen molar-refractivity contribution in [3.05, 3.63) is 108 Å². The van der Waals surface area contributed by atoms with Gasteiger partial charge in [-0.2, -0.15) is 4.57 Å². The third-order valence-electron chi connectivity index (χ3n) is 3.53. The highest BCUT2D eigenvalue weighted by molar-refractivity contribution is 5.55. The predicted molar refractivity (Wildman–Crippen MR) is 86.8 cm³/mol. The smallest absolute Gasteiger partial charge is 0.167 e. The third kappa shape index (κ3) is 3.26. The Kier molecular flexibility index (Phi) is 3.92. The van der Waals surface area contributed by atoms with Crippen LogP contribution in [0, 0.1) is 0 Å². The van der Waals surface area contributed by atoms with Crippen molar-refractivity contribution < 1.29 is 4.57 Å². The van der Waals surface area contributed by atoms with Crippen molar-refractivity contribution in [1.82, 2.24) is 0 Å². The summed E-state index contributed by atoms with van der Waals surface area (Å²) in [5.74, 6) is 0. The summed E-state index contributed by atoms with van der Waals surface area (Å²) >= 11 is 0. The average Bonchev–Trinajstić information content (AvgIpc) is 2.56. The van der Waals surface area contributed by atoms with E-state index >= 15 is 0 Å². The molecule has 0 bridgehead atoms. The van der Waals surface area contributed by atoms with E-state index in [1.54, 1.807) is 0 Å². The molecule has 0 atom stereocenters. The van der Waals surface area contributed by atoms with E-state index in [1.165, 1.54) is 11.1 Å². The second-order valence-electron chi connectivity index (χ2n) is 5.09. The normalized spacial score (nSPS) is 10.3. The molecule has 0 aliphatic carbocycles. The van der Waals surface area contributed by atoms with E-state index in [9.17, 15) is 0 Å². The molecular weight excluding hydrogens is 254 g/mol. The van der Waals surface area contributed by atoms with Crippen molar-refractivity contribution in [1.29, 1.82) is 0 Å². The van der Waals surface area contributed by atoms with E-state index in [0.29, 0.717) is 0 Å². The SMILES string of the molecule is C=C(c1ccccc1)[n+]1cccc(Cc2ccccc2)c1. The van der Waals surface area contributed by atoms with E-state index in [4.69, 9.17) is 0 Å². The Hall–Kier alpha value is -2.67. The first kappa shape index (κ1) is 13.3. The van der Waals surface area contributed by atoms with Gasteiger partial charge in [0.2, 0.25) is 5.70 Å². The summed E-state index contributed by atoms with van der Waals surface area (Å²) in [6, 6.07) is 25.0. The fourth-order valence-corrected chi connectivity index (χ4v) is 2.41. The first-order valence-electron chi connectivity index (χ1n) is 7.12. The Morgan fingerprint density at radius 1 is 0.762 bits per heavy atom. The van der Waals surface area contributed by atoms with Crippen LogP contribution in [0.15, 0.2) is 91.8 Å². The van der Waals surface area contributed by atoms with Crippen molar-refractivity contribution in [2.75, 3.05) is 0 Å². The zero-order chi connectivity index (χ0) is 14.5. The quantitative estimate of drug-likeness (QED) is 0.630. The molecule has 2 aromatic carbocycles. The zero-order valence-electron chi connectivity index (χ0n) is 11.9. The second kappa shape index (κ2) is 6.19. The summed E-state index contributed by atoms with van der Waals surface area (Å²) in [5.41, 5.74) is 4.73. The molecule has 0 saturated heterocycles. The maximum atomic E-state index is 4.21. The molecular formula is C20H18N+. The number of pyridine rings is 1. The highest BCUT2D eigenvalue weighted by Crippen LogP contribution is 2.11. The Balaban J connectivity index is 1.85. The monoisotopic (exact) mass is 272 g/mol. The Morgan fingerprint density at radius 3 is 2.10 bits per heavy atom. The second-order valence-corrected chi connectivity index (χ2v) is 5.09. The van der Waals surface area contributed by atoms with Gasteiger partial charge in [0, 0.05) is 23.6 Å². The van der Waals surface area contributed by atoms with Gasteiger partial charge in [-0.25, -0.2) is 0 Å². The zero-order valence-corrected chi connectivity index (χ0v) is 11.9. The van der Waals surface area contributed by atoms with Gasteiger partial charge in [0.05, 0.1) is 0 Å². The first-order valence-corrected chi connectivity index (χ1v) is 7.12. The van der Waals surface area contributed by atoms with Crippen molar-refractivity contribution in [2.45, 2.75) is 6.42 Å². The van der Waals surface area contributed by atoms with Crippen molar-refractivity contribution in [2.24, 2.45) is 0 Å². The summed E-state index contributed by atoms with van der Waals surface area (Å²) in [4.78, 5) is 0.